The van der Waals surface area contributed by atoms with Gasteiger partial charge in [-0.1, -0.05) is 6.07 Å². The molecule has 0 spiro atoms. The minimum Gasteiger partial charge on any atom is -0.461 e. The zero-order chi connectivity index (χ0) is 20.8. The molecule has 1 aromatic carbocycles. The zero-order valence-corrected chi connectivity index (χ0v) is 16.3. The van der Waals surface area contributed by atoms with Crippen LogP contribution in [0.3, 0.4) is 0 Å². The van der Waals surface area contributed by atoms with Crippen molar-refractivity contribution in [3.63, 3.8) is 0 Å². The van der Waals surface area contributed by atoms with Crippen molar-refractivity contribution in [3.8, 4) is 0 Å². The molecule has 1 saturated carbocycles. The first-order valence-corrected chi connectivity index (χ1v) is 9.50. The summed E-state index contributed by atoms with van der Waals surface area (Å²) in [6, 6.07) is 9.94. The van der Waals surface area contributed by atoms with Gasteiger partial charge in [0.2, 0.25) is 5.91 Å². The van der Waals surface area contributed by atoms with Crippen molar-refractivity contribution in [1.29, 1.82) is 0 Å². The van der Waals surface area contributed by atoms with Crippen LogP contribution in [0.1, 0.15) is 52.4 Å². The van der Waals surface area contributed by atoms with E-state index in [0.29, 0.717) is 34.1 Å². The third-order valence-corrected chi connectivity index (χ3v) is 5.72. The standard InChI is InChI=1S/C22H23N3O4/c1-12-19(20(27)25-22(2,11-26)21(23)28)17-9-14(3-4-18(17)29-12)16-10-15(16)13-5-7-24-8-6-13/h3-9,15-16,26H,10-11H2,1-2H3,(H2,23,28)(H,25,27)/t15?,16?,22-/m0/s1. The Labute approximate surface area is 167 Å². The van der Waals surface area contributed by atoms with Gasteiger partial charge in [0.05, 0.1) is 12.2 Å². The summed E-state index contributed by atoms with van der Waals surface area (Å²) in [6.45, 7) is 2.50. The number of benzene rings is 1. The van der Waals surface area contributed by atoms with Gasteiger partial charge in [-0.3, -0.25) is 14.6 Å². The minimum atomic E-state index is -1.55. The Morgan fingerprint density at radius 2 is 1.93 bits per heavy atom. The highest BCUT2D eigenvalue weighted by atomic mass is 16.3. The number of nitrogens with zero attached hydrogens (tertiary/aromatic N) is 1. The van der Waals surface area contributed by atoms with Gasteiger partial charge in [-0.2, -0.15) is 0 Å². The van der Waals surface area contributed by atoms with Crippen LogP contribution < -0.4 is 11.1 Å². The molecule has 2 unspecified atom stereocenters. The molecular formula is C22H23N3O4. The van der Waals surface area contributed by atoms with Gasteiger partial charge in [0.1, 0.15) is 16.9 Å². The lowest BCUT2D eigenvalue weighted by atomic mass is 9.99. The SMILES string of the molecule is Cc1oc2ccc(C3CC3c3ccncc3)cc2c1C(=O)N[C@@](C)(CO)C(N)=O. The Morgan fingerprint density at radius 1 is 1.24 bits per heavy atom. The number of primary amides is 1. The van der Waals surface area contributed by atoms with Gasteiger partial charge in [0, 0.05) is 17.8 Å². The number of carbonyl (C=O) groups is 2. The maximum atomic E-state index is 12.9. The topological polar surface area (TPSA) is 118 Å². The van der Waals surface area contributed by atoms with Crippen LogP contribution in [0, 0.1) is 6.92 Å². The summed E-state index contributed by atoms with van der Waals surface area (Å²) in [7, 11) is 0. The Morgan fingerprint density at radius 3 is 2.59 bits per heavy atom. The highest BCUT2D eigenvalue weighted by Gasteiger charge is 2.40. The van der Waals surface area contributed by atoms with Gasteiger partial charge in [-0.25, -0.2) is 0 Å². The summed E-state index contributed by atoms with van der Waals surface area (Å²) < 4.78 is 5.75. The number of rotatable bonds is 6. The fraction of sp³-hybridized carbons (Fsp3) is 0.318. The normalized spacial score (nSPS) is 20.2. The van der Waals surface area contributed by atoms with Crippen molar-refractivity contribution in [2.45, 2.75) is 37.6 Å². The van der Waals surface area contributed by atoms with Crippen LogP contribution in [0.2, 0.25) is 0 Å². The molecule has 0 saturated heterocycles. The van der Waals surface area contributed by atoms with Gasteiger partial charge < -0.3 is 20.6 Å². The summed E-state index contributed by atoms with van der Waals surface area (Å²) >= 11 is 0. The monoisotopic (exact) mass is 393 g/mol. The number of hydrogen-bond donors (Lipinski definition) is 3. The van der Waals surface area contributed by atoms with Gasteiger partial charge in [-0.05, 0) is 67.5 Å². The van der Waals surface area contributed by atoms with Crippen LogP contribution in [0.25, 0.3) is 11.0 Å². The first-order chi connectivity index (χ1) is 13.8. The number of aromatic nitrogens is 1. The summed E-state index contributed by atoms with van der Waals surface area (Å²) in [5, 5.41) is 12.7. The van der Waals surface area contributed by atoms with E-state index in [2.05, 4.69) is 10.3 Å². The summed E-state index contributed by atoms with van der Waals surface area (Å²) in [4.78, 5) is 28.6. The number of pyridine rings is 1. The van der Waals surface area contributed by atoms with Crippen molar-refractivity contribution >= 4 is 22.8 Å². The largest absolute Gasteiger partial charge is 0.461 e. The van der Waals surface area contributed by atoms with Crippen molar-refractivity contribution in [2.75, 3.05) is 6.61 Å². The lowest BCUT2D eigenvalue weighted by Crippen LogP contribution is -2.57. The van der Waals surface area contributed by atoms with Gasteiger partial charge in [-0.15, -0.1) is 0 Å². The molecule has 3 atom stereocenters. The zero-order valence-electron chi connectivity index (χ0n) is 16.3. The van der Waals surface area contributed by atoms with Crippen LogP contribution in [0.5, 0.6) is 0 Å². The molecule has 2 aromatic heterocycles. The molecule has 2 heterocycles. The van der Waals surface area contributed by atoms with Crippen molar-refractivity contribution in [1.82, 2.24) is 10.3 Å². The molecule has 2 amide bonds. The minimum absolute atomic E-state index is 0.351. The predicted octanol–water partition coefficient (Wildman–Crippen LogP) is 2.37. The number of aliphatic hydroxyl groups excluding tert-OH is 1. The second-order valence-electron chi connectivity index (χ2n) is 7.83. The number of amides is 2. The maximum Gasteiger partial charge on any atom is 0.256 e. The number of aliphatic hydroxyl groups is 1. The van der Waals surface area contributed by atoms with Crippen molar-refractivity contribution < 1.29 is 19.1 Å². The Kier molecular flexibility index (Phi) is 4.62. The summed E-state index contributed by atoms with van der Waals surface area (Å²) in [5.74, 6) is -0.0525. The third-order valence-electron chi connectivity index (χ3n) is 5.72. The number of hydrogen-bond acceptors (Lipinski definition) is 5. The summed E-state index contributed by atoms with van der Waals surface area (Å²) in [6.07, 6.45) is 4.64. The molecule has 0 radical (unpaired) electrons. The molecule has 1 aliphatic rings. The second kappa shape index (κ2) is 7.00. The highest BCUT2D eigenvalue weighted by Crippen LogP contribution is 2.54. The molecule has 3 aromatic rings. The number of aryl methyl sites for hydroxylation is 1. The van der Waals surface area contributed by atoms with E-state index < -0.39 is 24.0 Å². The van der Waals surface area contributed by atoms with Crippen LogP contribution in [-0.4, -0.2) is 34.1 Å². The van der Waals surface area contributed by atoms with E-state index in [4.69, 9.17) is 10.2 Å². The fourth-order valence-electron chi connectivity index (χ4n) is 3.78. The van der Waals surface area contributed by atoms with Gasteiger partial charge >= 0.3 is 0 Å². The van der Waals surface area contributed by atoms with E-state index in [-0.39, 0.29) is 0 Å². The quantitative estimate of drug-likeness (QED) is 0.594. The number of carbonyl (C=O) groups excluding carboxylic acids is 2. The average molecular weight is 393 g/mol. The van der Waals surface area contributed by atoms with Crippen LogP contribution in [0.15, 0.2) is 47.1 Å². The molecule has 29 heavy (non-hydrogen) atoms. The van der Waals surface area contributed by atoms with E-state index in [1.165, 1.54) is 12.5 Å². The van der Waals surface area contributed by atoms with E-state index in [0.717, 1.165) is 12.0 Å². The number of fused-ring (bicyclic) bond motifs is 1. The van der Waals surface area contributed by atoms with E-state index in [1.54, 1.807) is 19.3 Å². The molecule has 1 fully saturated rings. The molecule has 4 N–H and O–H groups in total. The van der Waals surface area contributed by atoms with Crippen molar-refractivity contribution in [3.05, 3.63) is 65.2 Å². The van der Waals surface area contributed by atoms with Crippen LogP contribution >= 0.6 is 0 Å². The molecule has 0 aliphatic heterocycles. The lowest BCUT2D eigenvalue weighted by Gasteiger charge is -2.24. The van der Waals surface area contributed by atoms with Gasteiger partial charge in [0.15, 0.2) is 0 Å². The second-order valence-corrected chi connectivity index (χ2v) is 7.83. The molecule has 1 aliphatic carbocycles. The first kappa shape index (κ1) is 19.1. The number of nitrogens with one attached hydrogen (secondary N) is 1. The van der Waals surface area contributed by atoms with Gasteiger partial charge in [0.25, 0.3) is 5.91 Å². The Bertz CT molecular complexity index is 1090. The van der Waals surface area contributed by atoms with Crippen LogP contribution in [-0.2, 0) is 4.79 Å². The number of furan rings is 1. The average Bonchev–Trinajstić information content (AvgIpc) is 3.44. The highest BCUT2D eigenvalue weighted by molar-refractivity contribution is 6.09. The summed E-state index contributed by atoms with van der Waals surface area (Å²) in [5.41, 5.74) is 7.13. The third kappa shape index (κ3) is 3.38. The molecular weight excluding hydrogens is 370 g/mol. The first-order valence-electron chi connectivity index (χ1n) is 9.50. The Hall–Kier alpha value is -3.19. The van der Waals surface area contributed by atoms with E-state index >= 15 is 0 Å². The van der Waals surface area contributed by atoms with E-state index in [9.17, 15) is 14.7 Å². The Balaban J connectivity index is 1.66. The van der Waals surface area contributed by atoms with Crippen LogP contribution in [0.4, 0.5) is 0 Å². The maximum absolute atomic E-state index is 12.9. The lowest BCUT2D eigenvalue weighted by molar-refractivity contribution is -0.124. The molecule has 7 nitrogen and oxygen atoms in total. The molecule has 0 bridgehead atoms. The molecule has 150 valence electrons. The molecule has 4 rings (SSSR count). The molecule has 7 heteroatoms. The predicted molar refractivity (Wildman–Crippen MR) is 107 cm³/mol. The smallest absolute Gasteiger partial charge is 0.256 e. The fourth-order valence-corrected chi connectivity index (χ4v) is 3.78. The van der Waals surface area contributed by atoms with Crippen molar-refractivity contribution in [2.24, 2.45) is 5.73 Å². The number of nitrogens with two attached hydrogens (primary N) is 1. The van der Waals surface area contributed by atoms with E-state index in [1.807, 2.05) is 30.3 Å².